The van der Waals surface area contributed by atoms with E-state index in [0.717, 1.165) is 11.1 Å². The number of likely N-dealkylation sites (tertiary alicyclic amines) is 1. The van der Waals surface area contributed by atoms with E-state index in [1.807, 2.05) is 77.7 Å². The summed E-state index contributed by atoms with van der Waals surface area (Å²) < 4.78 is 6.23. The van der Waals surface area contributed by atoms with Crippen molar-refractivity contribution in [2.24, 2.45) is 11.8 Å². The minimum Gasteiger partial charge on any atom is -0.481 e. The van der Waals surface area contributed by atoms with Gasteiger partial charge in [-0.25, -0.2) is 0 Å². The number of hydrogen-bond acceptors (Lipinski definition) is 3. The highest BCUT2D eigenvalue weighted by atomic mass is 16.5. The van der Waals surface area contributed by atoms with E-state index >= 15 is 0 Å². The molecule has 1 spiro atoms. The van der Waals surface area contributed by atoms with Crippen LogP contribution in [0.25, 0.3) is 0 Å². The highest BCUT2D eigenvalue weighted by molar-refractivity contribution is 5.91. The molecule has 5 rings (SSSR count). The van der Waals surface area contributed by atoms with Crippen molar-refractivity contribution in [3.05, 3.63) is 83.9 Å². The molecule has 2 aromatic carbocycles. The van der Waals surface area contributed by atoms with Crippen LogP contribution in [-0.4, -0.2) is 39.6 Å². The van der Waals surface area contributed by atoms with Crippen molar-refractivity contribution in [2.45, 2.75) is 30.7 Å². The number of nitrogens with zero attached hydrogens (tertiary/aromatic N) is 1. The van der Waals surface area contributed by atoms with E-state index in [1.165, 1.54) is 0 Å². The molecule has 0 aliphatic carbocycles. The van der Waals surface area contributed by atoms with Gasteiger partial charge in [-0.1, -0.05) is 72.8 Å². The van der Waals surface area contributed by atoms with Gasteiger partial charge in [-0.2, -0.15) is 0 Å². The smallest absolute Gasteiger partial charge is 0.310 e. The Hall–Kier alpha value is -2.92. The first-order chi connectivity index (χ1) is 13.6. The third kappa shape index (κ3) is 2.43. The van der Waals surface area contributed by atoms with Crippen LogP contribution in [0.2, 0.25) is 0 Å². The van der Waals surface area contributed by atoms with Crippen molar-refractivity contribution in [3.8, 4) is 0 Å². The Morgan fingerprint density at radius 1 is 1.04 bits per heavy atom. The Morgan fingerprint density at radius 2 is 1.68 bits per heavy atom. The second kappa shape index (κ2) is 6.31. The molecule has 5 heteroatoms. The number of amides is 1. The lowest BCUT2D eigenvalue weighted by Crippen LogP contribution is -2.46. The predicted octanol–water partition coefficient (Wildman–Crippen LogP) is 2.66. The first kappa shape index (κ1) is 17.2. The van der Waals surface area contributed by atoms with Gasteiger partial charge < -0.3 is 14.7 Å². The van der Waals surface area contributed by atoms with Crippen LogP contribution < -0.4 is 0 Å². The molecule has 2 fully saturated rings. The number of carbonyl (C=O) groups is 2. The van der Waals surface area contributed by atoms with Gasteiger partial charge in [-0.15, -0.1) is 0 Å². The van der Waals surface area contributed by atoms with Crippen LogP contribution in [0.4, 0.5) is 0 Å². The Balaban J connectivity index is 1.56. The first-order valence-corrected chi connectivity index (χ1v) is 9.58. The molecular weight excluding hydrogens is 354 g/mol. The third-order valence-corrected chi connectivity index (χ3v) is 6.28. The zero-order valence-electron chi connectivity index (χ0n) is 15.3. The van der Waals surface area contributed by atoms with Gasteiger partial charge in [-0.3, -0.25) is 9.59 Å². The number of hydrogen-bond donors (Lipinski definition) is 1. The lowest BCUT2D eigenvalue weighted by atomic mass is 9.74. The van der Waals surface area contributed by atoms with Gasteiger partial charge in [0.15, 0.2) is 0 Å². The SMILES string of the molecule is O=C(O)[C@H]1[C@@H]2C=C[C@]3(O2)[C@H]1C(=O)N(Cc1ccccc1)[C@@H]3Cc1ccccc1. The van der Waals surface area contributed by atoms with Crippen molar-refractivity contribution < 1.29 is 19.4 Å². The molecule has 3 heterocycles. The molecule has 1 amide bonds. The Labute approximate surface area is 163 Å². The van der Waals surface area contributed by atoms with Gasteiger partial charge in [0.25, 0.3) is 0 Å². The molecule has 0 aromatic heterocycles. The van der Waals surface area contributed by atoms with Crippen molar-refractivity contribution in [3.63, 3.8) is 0 Å². The van der Waals surface area contributed by atoms with Crippen molar-refractivity contribution >= 4 is 11.9 Å². The minimum absolute atomic E-state index is 0.121. The summed E-state index contributed by atoms with van der Waals surface area (Å²) in [6.45, 7) is 0.448. The molecule has 142 valence electrons. The fourth-order valence-electron chi connectivity index (χ4n) is 5.08. The third-order valence-electron chi connectivity index (χ3n) is 6.28. The second-order valence-electron chi connectivity index (χ2n) is 7.79. The van der Waals surface area contributed by atoms with Gasteiger partial charge in [0.2, 0.25) is 5.91 Å². The fraction of sp³-hybridized carbons (Fsp3) is 0.304. The molecule has 3 aliphatic rings. The number of ether oxygens (including phenoxy) is 1. The maximum atomic E-state index is 13.4. The lowest BCUT2D eigenvalue weighted by molar-refractivity contribution is -0.148. The van der Waals surface area contributed by atoms with E-state index in [-0.39, 0.29) is 11.9 Å². The summed E-state index contributed by atoms with van der Waals surface area (Å²) in [4.78, 5) is 27.2. The summed E-state index contributed by atoms with van der Waals surface area (Å²) in [5.74, 6) is -2.58. The number of carbonyl (C=O) groups excluding carboxylic acids is 1. The number of carboxylic acids is 1. The molecular formula is C23H21NO4. The molecule has 2 bridgehead atoms. The minimum atomic E-state index is -0.963. The summed E-state index contributed by atoms with van der Waals surface area (Å²) in [7, 11) is 0. The highest BCUT2D eigenvalue weighted by Gasteiger charge is 2.70. The molecule has 3 aliphatic heterocycles. The Bertz CT molecular complexity index is 942. The van der Waals surface area contributed by atoms with E-state index in [1.54, 1.807) is 0 Å². The quantitative estimate of drug-likeness (QED) is 0.816. The molecule has 1 N–H and O–H groups in total. The molecule has 2 aromatic rings. The average Bonchev–Trinajstić information content (AvgIpc) is 3.34. The van der Waals surface area contributed by atoms with E-state index in [2.05, 4.69) is 0 Å². The normalized spacial score (nSPS) is 32.7. The zero-order chi connectivity index (χ0) is 19.3. The topological polar surface area (TPSA) is 66.8 Å². The van der Waals surface area contributed by atoms with E-state index in [4.69, 9.17) is 4.74 Å². The van der Waals surface area contributed by atoms with Gasteiger partial charge >= 0.3 is 5.97 Å². The number of fused-ring (bicyclic) bond motifs is 1. The molecule has 5 nitrogen and oxygen atoms in total. The zero-order valence-corrected chi connectivity index (χ0v) is 15.3. The molecule has 0 saturated carbocycles. The van der Waals surface area contributed by atoms with Crippen LogP contribution in [0.3, 0.4) is 0 Å². The highest BCUT2D eigenvalue weighted by Crippen LogP contribution is 2.55. The fourth-order valence-corrected chi connectivity index (χ4v) is 5.08. The summed E-state index contributed by atoms with van der Waals surface area (Å²) >= 11 is 0. The molecule has 5 atom stereocenters. The summed E-state index contributed by atoms with van der Waals surface area (Å²) in [6, 6.07) is 19.6. The standard InChI is InChI=1S/C23H21NO4/c25-21-20-19(22(26)27)17-11-12-23(20,28-17)18(13-15-7-3-1-4-8-15)24(21)14-16-9-5-2-6-10-16/h1-12,17-20H,13-14H2,(H,26,27)/t17-,18+,19-,20+,23+/m0/s1. The van der Waals surface area contributed by atoms with Crippen LogP contribution in [0.1, 0.15) is 11.1 Å². The van der Waals surface area contributed by atoms with E-state index in [0.29, 0.717) is 13.0 Å². The van der Waals surface area contributed by atoms with Crippen LogP contribution in [-0.2, 0) is 27.3 Å². The average molecular weight is 375 g/mol. The predicted molar refractivity (Wildman–Crippen MR) is 102 cm³/mol. The second-order valence-corrected chi connectivity index (χ2v) is 7.79. The summed E-state index contributed by atoms with van der Waals surface area (Å²) in [5, 5.41) is 9.76. The van der Waals surface area contributed by atoms with Crippen LogP contribution in [0.15, 0.2) is 72.8 Å². The number of rotatable bonds is 5. The molecule has 0 radical (unpaired) electrons. The van der Waals surface area contributed by atoms with E-state index < -0.39 is 29.5 Å². The summed E-state index contributed by atoms with van der Waals surface area (Å²) in [6.07, 6.45) is 3.87. The van der Waals surface area contributed by atoms with Gasteiger partial charge in [-0.05, 0) is 17.5 Å². The lowest BCUT2D eigenvalue weighted by Gasteiger charge is -2.33. The molecule has 2 saturated heterocycles. The van der Waals surface area contributed by atoms with Crippen molar-refractivity contribution in [2.75, 3.05) is 0 Å². The van der Waals surface area contributed by atoms with Crippen LogP contribution in [0, 0.1) is 11.8 Å². The van der Waals surface area contributed by atoms with Crippen LogP contribution >= 0.6 is 0 Å². The van der Waals surface area contributed by atoms with Gasteiger partial charge in [0, 0.05) is 6.54 Å². The van der Waals surface area contributed by atoms with Gasteiger partial charge in [0.1, 0.15) is 11.5 Å². The first-order valence-electron chi connectivity index (χ1n) is 9.58. The van der Waals surface area contributed by atoms with Gasteiger partial charge in [0.05, 0.1) is 18.1 Å². The number of carboxylic acid groups (broad SMARTS) is 1. The maximum absolute atomic E-state index is 13.4. The number of aliphatic carboxylic acids is 1. The van der Waals surface area contributed by atoms with Crippen LogP contribution in [0.5, 0.6) is 0 Å². The Morgan fingerprint density at radius 3 is 2.32 bits per heavy atom. The maximum Gasteiger partial charge on any atom is 0.310 e. The summed E-state index contributed by atoms with van der Waals surface area (Å²) in [5.41, 5.74) is 1.26. The molecule has 0 unspecified atom stereocenters. The van der Waals surface area contributed by atoms with Crippen molar-refractivity contribution in [1.29, 1.82) is 0 Å². The molecule has 28 heavy (non-hydrogen) atoms. The Kier molecular flexibility index (Phi) is 3.88. The van der Waals surface area contributed by atoms with E-state index in [9.17, 15) is 14.7 Å². The number of benzene rings is 2. The largest absolute Gasteiger partial charge is 0.481 e. The van der Waals surface area contributed by atoms with Crippen molar-refractivity contribution in [1.82, 2.24) is 4.90 Å². The monoisotopic (exact) mass is 375 g/mol.